The minimum atomic E-state index is -8.87. The molecule has 1 aliphatic rings. The van der Waals surface area contributed by atoms with Crippen LogP contribution in [0.15, 0.2) is 0 Å². The lowest BCUT2D eigenvalue weighted by atomic mass is 9.91. The Morgan fingerprint density at radius 2 is 0.895 bits per heavy atom. The lowest BCUT2D eigenvalue weighted by Crippen LogP contribution is -2.75. The van der Waals surface area contributed by atoms with Gasteiger partial charge in [0, 0.05) is 26.2 Å². The molecule has 0 aromatic heterocycles. The van der Waals surface area contributed by atoms with Crippen molar-refractivity contribution in [1.29, 1.82) is 0 Å². The van der Waals surface area contributed by atoms with Crippen molar-refractivity contribution in [3.63, 3.8) is 0 Å². The van der Waals surface area contributed by atoms with Gasteiger partial charge in [-0.15, -0.1) is 0 Å². The molecule has 38 heavy (non-hydrogen) atoms. The van der Waals surface area contributed by atoms with E-state index in [1.807, 2.05) is 0 Å². The lowest BCUT2D eigenvalue weighted by Gasteiger charge is -2.43. The predicted molar refractivity (Wildman–Crippen MR) is 91.6 cm³/mol. The molecular weight excluding hydrogens is 679 g/mol. The molecule has 0 atom stereocenters. The number of hydrogen-bond donors (Lipinski definition) is 0. The van der Waals surface area contributed by atoms with Gasteiger partial charge < -0.3 is 4.90 Å². The van der Waals surface area contributed by atoms with Crippen molar-refractivity contribution in [1.82, 2.24) is 9.21 Å². The number of rotatable bonds is 9. The van der Waals surface area contributed by atoms with Gasteiger partial charge in [-0.25, -0.2) is 8.42 Å². The van der Waals surface area contributed by atoms with Crippen LogP contribution in [-0.2, 0) is 14.8 Å². The standard InChI is InChI=1S/C14H10BrF17N2O3S/c15-5-6(35)33-1-3-34(4-2-33)38(36,37)14(31,32)12(26,27)10(22,23)8(18,19)7(16,17)9(20,21)11(24,25)13(28,29)30/h1-5H2. The zero-order valence-corrected chi connectivity index (χ0v) is 19.8. The molecule has 0 spiro atoms. The molecule has 0 saturated carbocycles. The lowest BCUT2D eigenvalue weighted by molar-refractivity contribution is -0.458. The number of alkyl halides is 18. The van der Waals surface area contributed by atoms with E-state index in [0.717, 1.165) is 0 Å². The summed E-state index contributed by atoms with van der Waals surface area (Å²) in [7, 11) is -7.32. The first kappa shape index (κ1) is 34.7. The summed E-state index contributed by atoms with van der Waals surface area (Å²) in [6, 6.07) is 0. The second-order valence-electron chi connectivity index (χ2n) is 7.38. The normalized spacial score (nSPS) is 18.6. The van der Waals surface area contributed by atoms with Crippen molar-refractivity contribution >= 4 is 31.9 Å². The highest BCUT2D eigenvalue weighted by Crippen LogP contribution is 2.64. The number of piperazine rings is 1. The number of hydrogen-bond acceptors (Lipinski definition) is 3. The van der Waals surface area contributed by atoms with Gasteiger partial charge in [-0.05, 0) is 0 Å². The Morgan fingerprint density at radius 1 is 0.579 bits per heavy atom. The third-order valence-corrected chi connectivity index (χ3v) is 7.49. The fourth-order valence-electron chi connectivity index (χ4n) is 2.74. The molecule has 1 heterocycles. The second kappa shape index (κ2) is 9.65. The monoisotopic (exact) mass is 688 g/mol. The molecule has 1 rings (SSSR count). The Morgan fingerprint density at radius 3 is 1.21 bits per heavy atom. The van der Waals surface area contributed by atoms with Gasteiger partial charge >= 0.3 is 47.0 Å². The number of nitrogens with zero attached hydrogens (tertiary/aromatic N) is 2. The summed E-state index contributed by atoms with van der Waals surface area (Å²) < 4.78 is 250. The highest BCUT2D eigenvalue weighted by molar-refractivity contribution is 9.09. The van der Waals surface area contributed by atoms with Crippen LogP contribution in [0.2, 0.25) is 0 Å². The van der Waals surface area contributed by atoms with Crippen molar-refractivity contribution in [3.05, 3.63) is 0 Å². The van der Waals surface area contributed by atoms with E-state index < -0.39 is 98.7 Å². The molecule has 0 aliphatic carbocycles. The Balaban J connectivity index is 3.58. The molecule has 5 nitrogen and oxygen atoms in total. The molecule has 1 saturated heterocycles. The number of sulfonamides is 1. The van der Waals surface area contributed by atoms with E-state index in [9.17, 15) is 87.8 Å². The van der Waals surface area contributed by atoms with Gasteiger partial charge in [-0.3, -0.25) is 4.79 Å². The Bertz CT molecular complexity index is 1010. The summed E-state index contributed by atoms with van der Waals surface area (Å²) in [5, 5.41) is -8.03. The summed E-state index contributed by atoms with van der Waals surface area (Å²) in [4.78, 5) is 12.1. The molecular formula is C14H10BrF17N2O3S. The summed E-state index contributed by atoms with van der Waals surface area (Å²) in [5.74, 6) is -52.6. The van der Waals surface area contributed by atoms with Crippen LogP contribution in [0, 0.1) is 0 Å². The molecule has 0 aromatic rings. The fraction of sp³-hybridized carbons (Fsp3) is 0.929. The van der Waals surface area contributed by atoms with E-state index in [4.69, 9.17) is 0 Å². The zero-order valence-electron chi connectivity index (χ0n) is 17.4. The van der Waals surface area contributed by atoms with Gasteiger partial charge in [0.15, 0.2) is 0 Å². The Kier molecular flexibility index (Phi) is 8.81. The quantitative estimate of drug-likeness (QED) is 0.258. The molecule has 0 radical (unpaired) electrons. The van der Waals surface area contributed by atoms with Crippen molar-refractivity contribution in [3.8, 4) is 0 Å². The van der Waals surface area contributed by atoms with Crippen LogP contribution in [0.25, 0.3) is 0 Å². The van der Waals surface area contributed by atoms with E-state index in [2.05, 4.69) is 15.9 Å². The first-order valence-corrected chi connectivity index (χ1v) is 11.6. The summed E-state index contributed by atoms with van der Waals surface area (Å²) in [6.07, 6.45) is -7.89. The van der Waals surface area contributed by atoms with Gasteiger partial charge in [0.2, 0.25) is 5.91 Å². The van der Waals surface area contributed by atoms with Crippen LogP contribution in [0.1, 0.15) is 0 Å². The average Bonchev–Trinajstić information content (AvgIpc) is 2.76. The average molecular weight is 689 g/mol. The third-order valence-electron chi connectivity index (χ3n) is 5.06. The van der Waals surface area contributed by atoms with Crippen LogP contribution >= 0.6 is 15.9 Å². The van der Waals surface area contributed by atoms with Crippen molar-refractivity contribution in [2.75, 3.05) is 31.5 Å². The molecule has 0 aromatic carbocycles. The Labute approximate surface area is 208 Å². The van der Waals surface area contributed by atoms with E-state index in [0.29, 0.717) is 4.90 Å². The van der Waals surface area contributed by atoms with Gasteiger partial charge in [0.25, 0.3) is 10.0 Å². The van der Waals surface area contributed by atoms with E-state index in [1.165, 1.54) is 0 Å². The van der Waals surface area contributed by atoms with E-state index in [-0.39, 0.29) is 0 Å². The fourth-order valence-corrected chi connectivity index (χ4v) is 4.51. The number of halogens is 18. The van der Waals surface area contributed by atoms with Crippen molar-refractivity contribution in [2.45, 2.75) is 47.0 Å². The van der Waals surface area contributed by atoms with Crippen LogP contribution in [0.5, 0.6) is 0 Å². The Hall–Kier alpha value is -1.33. The summed E-state index contributed by atoms with van der Waals surface area (Å²) in [5.41, 5.74) is 0. The van der Waals surface area contributed by atoms with Gasteiger partial charge in [0.05, 0.1) is 5.33 Å². The first-order valence-electron chi connectivity index (χ1n) is 9.00. The molecule has 24 heteroatoms. The van der Waals surface area contributed by atoms with Gasteiger partial charge in [-0.2, -0.15) is 78.9 Å². The highest BCUT2D eigenvalue weighted by atomic mass is 79.9. The smallest absolute Gasteiger partial charge is 0.339 e. The van der Waals surface area contributed by atoms with Gasteiger partial charge in [0.1, 0.15) is 0 Å². The van der Waals surface area contributed by atoms with Crippen LogP contribution in [0.3, 0.4) is 0 Å². The van der Waals surface area contributed by atoms with Crippen LogP contribution in [-0.4, -0.2) is 102 Å². The van der Waals surface area contributed by atoms with Crippen molar-refractivity contribution in [2.24, 2.45) is 0 Å². The second-order valence-corrected chi connectivity index (χ2v) is 9.92. The highest BCUT2D eigenvalue weighted by Gasteiger charge is 2.96. The van der Waals surface area contributed by atoms with Gasteiger partial charge in [-0.1, -0.05) is 15.9 Å². The summed E-state index contributed by atoms with van der Waals surface area (Å²) >= 11 is 2.64. The molecule has 0 N–H and O–H groups in total. The molecule has 1 fully saturated rings. The SMILES string of the molecule is O=C(CBr)N1CCN(S(=O)(=O)C(F)(F)C(F)(F)C(F)(F)C(F)(F)C(F)(F)C(F)(F)C(F)(F)C(F)(F)F)CC1. The number of amides is 1. The zero-order chi connectivity index (χ0) is 30.8. The van der Waals surface area contributed by atoms with Crippen LogP contribution < -0.4 is 0 Å². The van der Waals surface area contributed by atoms with Crippen molar-refractivity contribution < 1.29 is 87.8 Å². The summed E-state index contributed by atoms with van der Waals surface area (Å²) in [6.45, 7) is -4.59. The minimum Gasteiger partial charge on any atom is -0.339 e. The molecule has 1 amide bonds. The maximum absolute atomic E-state index is 14.2. The molecule has 0 unspecified atom stereocenters. The molecule has 1 aliphatic heterocycles. The maximum atomic E-state index is 14.2. The molecule has 226 valence electrons. The maximum Gasteiger partial charge on any atom is 0.460 e. The third kappa shape index (κ3) is 4.58. The minimum absolute atomic E-state index is 0.443. The molecule has 0 bridgehead atoms. The number of carbonyl (C=O) groups is 1. The van der Waals surface area contributed by atoms with E-state index >= 15 is 0 Å². The number of carbonyl (C=O) groups excluding carboxylic acids is 1. The van der Waals surface area contributed by atoms with Crippen LogP contribution in [0.4, 0.5) is 74.6 Å². The van der Waals surface area contributed by atoms with E-state index in [1.54, 1.807) is 0 Å². The predicted octanol–water partition coefficient (Wildman–Crippen LogP) is 4.82. The largest absolute Gasteiger partial charge is 0.460 e. The topological polar surface area (TPSA) is 57.7 Å². The first-order chi connectivity index (χ1) is 16.4.